The third-order valence-corrected chi connectivity index (χ3v) is 8.75. The molecule has 0 aliphatic carbocycles. The number of benzene rings is 1. The summed E-state index contributed by atoms with van der Waals surface area (Å²) in [6.07, 6.45) is 5.10. The van der Waals surface area contributed by atoms with Gasteiger partial charge in [-0.15, -0.1) is 11.3 Å². The molecule has 2 saturated heterocycles. The second kappa shape index (κ2) is 11.4. The second-order valence-corrected chi connectivity index (χ2v) is 11.4. The van der Waals surface area contributed by atoms with E-state index < -0.39 is 23.6 Å². The Morgan fingerprint density at radius 1 is 1.05 bits per heavy atom. The molecular weight excluding hydrogens is 552 g/mol. The van der Waals surface area contributed by atoms with Crippen molar-refractivity contribution in [3.63, 3.8) is 0 Å². The van der Waals surface area contributed by atoms with E-state index in [0.717, 1.165) is 11.6 Å². The summed E-state index contributed by atoms with van der Waals surface area (Å²) in [5.74, 6) is -2.55. The Balaban J connectivity index is 1.15. The first-order chi connectivity index (χ1) is 19.9. The number of thiazole rings is 1. The first-order valence-corrected chi connectivity index (χ1v) is 14.5. The molecule has 214 valence electrons. The van der Waals surface area contributed by atoms with Crippen LogP contribution in [-0.4, -0.2) is 66.9 Å². The summed E-state index contributed by atoms with van der Waals surface area (Å²) >= 11 is 1.40. The normalized spacial score (nSPS) is 20.4. The quantitative estimate of drug-likeness (QED) is 0.372. The Morgan fingerprint density at radius 3 is 2.66 bits per heavy atom. The number of nitrogens with zero attached hydrogens (tertiary/aromatic N) is 5. The van der Waals surface area contributed by atoms with Crippen LogP contribution in [0.15, 0.2) is 52.9 Å². The lowest BCUT2D eigenvalue weighted by molar-refractivity contribution is -0.133. The fraction of sp³-hybridized carbons (Fsp3) is 0.393. The maximum Gasteiger partial charge on any atom is 0.327 e. The third-order valence-electron chi connectivity index (χ3n) is 7.99. The first-order valence-electron chi connectivity index (χ1n) is 13.6. The average Bonchev–Trinajstić information content (AvgIpc) is 3.58. The number of amides is 3. The number of fused-ring (bicyclic) bond motifs is 1. The van der Waals surface area contributed by atoms with E-state index in [0.29, 0.717) is 43.0 Å². The lowest BCUT2D eigenvalue weighted by atomic mass is 9.93. The summed E-state index contributed by atoms with van der Waals surface area (Å²) in [6.45, 7) is 1.23. The molecule has 0 spiro atoms. The third kappa shape index (κ3) is 5.45. The molecule has 4 aromatic rings. The summed E-state index contributed by atoms with van der Waals surface area (Å²) in [6, 6.07) is 6.46. The van der Waals surface area contributed by atoms with Crippen LogP contribution in [0.3, 0.4) is 0 Å². The zero-order chi connectivity index (χ0) is 28.5. The van der Waals surface area contributed by atoms with Crippen molar-refractivity contribution in [1.29, 1.82) is 0 Å². The summed E-state index contributed by atoms with van der Waals surface area (Å²) in [7, 11) is 0. The average molecular weight is 582 g/mol. The van der Waals surface area contributed by atoms with Gasteiger partial charge in [0.25, 0.3) is 0 Å². The number of likely N-dealkylation sites (tertiary alicyclic amines) is 2. The van der Waals surface area contributed by atoms with Crippen LogP contribution < -0.4 is 11.0 Å². The molecule has 0 saturated carbocycles. The number of aromatic amines is 1. The van der Waals surface area contributed by atoms with E-state index in [2.05, 4.69) is 20.3 Å². The van der Waals surface area contributed by atoms with Crippen LogP contribution in [-0.2, 0) is 11.3 Å². The highest BCUT2D eigenvalue weighted by molar-refractivity contribution is 7.09. The zero-order valence-electron chi connectivity index (χ0n) is 22.1. The standard InChI is InChI=1S/C28H29F2N7O3S/c29-20-4-1-3-19(24(20)30)17-6-7-21(26(38)36(15-17)16-23-31-11-14-41-23)33-27(39)35-12-8-18(9-13-35)37-22-5-2-10-32-25(22)34-28(37)40/h1-5,10-11,14,17-18,21H,6-9,12-13,15-16H2,(H,33,39)(H,32,34,40)/t17-,21-/m1/s1. The number of hydrogen-bond acceptors (Lipinski definition) is 6. The fourth-order valence-electron chi connectivity index (χ4n) is 5.91. The molecule has 10 nitrogen and oxygen atoms in total. The lowest BCUT2D eigenvalue weighted by Gasteiger charge is -2.33. The Morgan fingerprint density at radius 2 is 1.88 bits per heavy atom. The van der Waals surface area contributed by atoms with E-state index >= 15 is 0 Å². The molecular formula is C28H29F2N7O3S. The van der Waals surface area contributed by atoms with Crippen molar-refractivity contribution in [2.24, 2.45) is 0 Å². The summed E-state index contributed by atoms with van der Waals surface area (Å²) < 4.78 is 30.5. The molecule has 2 atom stereocenters. The Hall–Kier alpha value is -4.13. The van der Waals surface area contributed by atoms with Crippen molar-refractivity contribution in [2.45, 2.75) is 50.2 Å². The van der Waals surface area contributed by atoms with Gasteiger partial charge in [-0.25, -0.2) is 28.3 Å². The predicted octanol–water partition coefficient (Wildman–Crippen LogP) is 3.78. The van der Waals surface area contributed by atoms with Crippen molar-refractivity contribution >= 4 is 34.4 Å². The van der Waals surface area contributed by atoms with Gasteiger partial charge in [0.15, 0.2) is 17.3 Å². The largest absolute Gasteiger partial charge is 0.334 e. The smallest absolute Gasteiger partial charge is 0.327 e. The number of hydrogen-bond donors (Lipinski definition) is 2. The van der Waals surface area contributed by atoms with E-state index in [1.54, 1.807) is 38.9 Å². The Bertz CT molecular complexity index is 1610. The minimum Gasteiger partial charge on any atom is -0.334 e. The van der Waals surface area contributed by atoms with Crippen molar-refractivity contribution < 1.29 is 18.4 Å². The van der Waals surface area contributed by atoms with Gasteiger partial charge in [-0.1, -0.05) is 12.1 Å². The van der Waals surface area contributed by atoms with E-state index in [4.69, 9.17) is 0 Å². The molecule has 2 aliphatic heterocycles. The number of carbonyl (C=O) groups is 2. The van der Waals surface area contributed by atoms with Gasteiger partial charge in [0.05, 0.1) is 12.1 Å². The van der Waals surface area contributed by atoms with Crippen LogP contribution in [0.1, 0.15) is 48.2 Å². The maximum absolute atomic E-state index is 14.7. The number of urea groups is 1. The topological polar surface area (TPSA) is 116 Å². The molecule has 41 heavy (non-hydrogen) atoms. The number of piperidine rings is 1. The van der Waals surface area contributed by atoms with Crippen molar-refractivity contribution in [1.82, 2.24) is 34.6 Å². The van der Waals surface area contributed by atoms with Crippen molar-refractivity contribution in [3.8, 4) is 0 Å². The highest BCUT2D eigenvalue weighted by Gasteiger charge is 2.36. The van der Waals surface area contributed by atoms with Gasteiger partial charge in [-0.3, -0.25) is 14.3 Å². The van der Waals surface area contributed by atoms with E-state index in [-0.39, 0.29) is 48.7 Å². The molecule has 13 heteroatoms. The molecule has 0 unspecified atom stereocenters. The zero-order valence-corrected chi connectivity index (χ0v) is 22.9. The van der Waals surface area contributed by atoms with Crippen LogP contribution in [0.5, 0.6) is 0 Å². The number of nitrogens with one attached hydrogen (secondary N) is 2. The SMILES string of the molecule is O=C(N[C@@H]1CC[C@@H](c2cccc(F)c2F)CN(Cc2nccs2)C1=O)N1CCC(n2c(=O)[nH]c3ncccc32)CC1. The van der Waals surface area contributed by atoms with Crippen molar-refractivity contribution in [2.75, 3.05) is 19.6 Å². The number of carbonyl (C=O) groups excluding carboxylic acids is 2. The molecule has 2 aliphatic rings. The molecule has 1 aromatic carbocycles. The van der Waals surface area contributed by atoms with Crippen LogP contribution in [0.4, 0.5) is 13.6 Å². The Kier molecular flexibility index (Phi) is 7.52. The summed E-state index contributed by atoms with van der Waals surface area (Å²) in [5, 5.41) is 5.43. The number of halogens is 2. The number of H-pyrrole nitrogens is 1. The van der Waals surface area contributed by atoms with Gasteiger partial charge in [0, 0.05) is 49.4 Å². The summed E-state index contributed by atoms with van der Waals surface area (Å²) in [5.41, 5.74) is 1.26. The highest BCUT2D eigenvalue weighted by Crippen LogP contribution is 2.31. The van der Waals surface area contributed by atoms with Crippen LogP contribution in [0, 0.1) is 11.6 Å². The molecule has 3 amide bonds. The molecule has 2 fully saturated rings. The number of imidazole rings is 1. The molecule has 6 rings (SSSR count). The Labute approximate surface area is 238 Å². The minimum atomic E-state index is -0.927. The number of pyridine rings is 1. The maximum atomic E-state index is 14.7. The van der Waals surface area contributed by atoms with Gasteiger partial charge in [-0.2, -0.15) is 0 Å². The van der Waals surface area contributed by atoms with E-state index in [9.17, 15) is 23.2 Å². The number of aromatic nitrogens is 4. The van der Waals surface area contributed by atoms with Gasteiger partial charge < -0.3 is 15.1 Å². The van der Waals surface area contributed by atoms with E-state index in [1.807, 2.05) is 11.4 Å². The molecule has 5 heterocycles. The number of rotatable bonds is 5. The van der Waals surface area contributed by atoms with Crippen LogP contribution >= 0.6 is 11.3 Å². The fourth-order valence-corrected chi connectivity index (χ4v) is 6.54. The first kappa shape index (κ1) is 27.1. The molecule has 0 radical (unpaired) electrons. The predicted molar refractivity (Wildman–Crippen MR) is 148 cm³/mol. The minimum absolute atomic E-state index is 0.0836. The van der Waals surface area contributed by atoms with Gasteiger partial charge in [0.1, 0.15) is 11.0 Å². The second-order valence-electron chi connectivity index (χ2n) is 10.5. The van der Waals surface area contributed by atoms with Crippen molar-refractivity contribution in [3.05, 3.63) is 80.8 Å². The monoisotopic (exact) mass is 581 g/mol. The van der Waals surface area contributed by atoms with Crippen LogP contribution in [0.2, 0.25) is 0 Å². The summed E-state index contributed by atoms with van der Waals surface area (Å²) in [4.78, 5) is 54.0. The highest BCUT2D eigenvalue weighted by atomic mass is 32.1. The molecule has 2 N–H and O–H groups in total. The lowest BCUT2D eigenvalue weighted by Crippen LogP contribution is -2.53. The van der Waals surface area contributed by atoms with Crippen LogP contribution in [0.25, 0.3) is 11.2 Å². The molecule has 3 aromatic heterocycles. The van der Waals surface area contributed by atoms with Gasteiger partial charge in [-0.05, 0) is 49.4 Å². The van der Waals surface area contributed by atoms with E-state index in [1.165, 1.54) is 17.4 Å². The van der Waals surface area contributed by atoms with Gasteiger partial charge >= 0.3 is 11.7 Å². The molecule has 0 bridgehead atoms. The van der Waals surface area contributed by atoms with Gasteiger partial charge in [0.2, 0.25) is 5.91 Å².